The molecule has 112 valence electrons. The Morgan fingerprint density at radius 3 is 2.62 bits per heavy atom. The van der Waals surface area contributed by atoms with Crippen LogP contribution in [0.2, 0.25) is 0 Å². The fourth-order valence-corrected chi connectivity index (χ4v) is 2.79. The van der Waals surface area contributed by atoms with E-state index in [1.807, 2.05) is 12.1 Å². The second kappa shape index (κ2) is 6.85. The Kier molecular flexibility index (Phi) is 5.12. The number of benzene rings is 2. The maximum atomic E-state index is 9.88. The van der Waals surface area contributed by atoms with Crippen LogP contribution in [-0.4, -0.2) is 18.8 Å². The average Bonchev–Trinajstić information content (AvgIpc) is 2.48. The van der Waals surface area contributed by atoms with Gasteiger partial charge in [-0.3, -0.25) is 0 Å². The predicted octanol–water partition coefficient (Wildman–Crippen LogP) is 4.50. The Morgan fingerprint density at radius 2 is 2.00 bits per heavy atom. The largest absolute Gasteiger partial charge is 0.503 e. The number of halogens is 1. The van der Waals surface area contributed by atoms with Crippen LogP contribution in [0.1, 0.15) is 18.1 Å². The van der Waals surface area contributed by atoms with Gasteiger partial charge < -0.3 is 14.7 Å². The SMILES string of the molecule is CCN(Cc1cc(Br)c(O)c(OC)c1)c1cccc(C)c1. The fraction of sp³-hybridized carbons (Fsp3) is 0.294. The number of hydrogen-bond acceptors (Lipinski definition) is 3. The van der Waals surface area contributed by atoms with Gasteiger partial charge >= 0.3 is 0 Å². The third-order valence-electron chi connectivity index (χ3n) is 3.43. The molecule has 0 radical (unpaired) electrons. The standard InChI is InChI=1S/C17H20BrNO2/c1-4-19(14-7-5-6-12(2)8-14)11-13-9-15(18)17(20)16(10-13)21-3/h5-10,20H,4,11H2,1-3H3. The molecule has 0 bridgehead atoms. The smallest absolute Gasteiger partial charge is 0.172 e. The first kappa shape index (κ1) is 15.7. The lowest BCUT2D eigenvalue weighted by Gasteiger charge is -2.24. The van der Waals surface area contributed by atoms with Crippen LogP contribution in [0, 0.1) is 6.92 Å². The number of aromatic hydroxyl groups is 1. The van der Waals surface area contributed by atoms with Crippen molar-refractivity contribution >= 4 is 21.6 Å². The highest BCUT2D eigenvalue weighted by atomic mass is 79.9. The topological polar surface area (TPSA) is 32.7 Å². The maximum absolute atomic E-state index is 9.88. The molecule has 0 aromatic heterocycles. The quantitative estimate of drug-likeness (QED) is 0.862. The Bertz CT molecular complexity index is 628. The second-order valence-corrected chi connectivity index (χ2v) is 5.84. The number of aryl methyl sites for hydroxylation is 1. The van der Waals surface area contributed by atoms with Crippen molar-refractivity contribution in [3.63, 3.8) is 0 Å². The Labute approximate surface area is 134 Å². The normalized spacial score (nSPS) is 10.5. The van der Waals surface area contributed by atoms with Gasteiger partial charge in [0.05, 0.1) is 11.6 Å². The van der Waals surface area contributed by atoms with Gasteiger partial charge in [0.25, 0.3) is 0 Å². The van der Waals surface area contributed by atoms with Crippen LogP contribution in [0.4, 0.5) is 5.69 Å². The number of nitrogens with zero attached hydrogens (tertiary/aromatic N) is 1. The maximum Gasteiger partial charge on any atom is 0.172 e. The molecule has 2 aromatic carbocycles. The zero-order valence-corrected chi connectivity index (χ0v) is 14.1. The Morgan fingerprint density at radius 1 is 1.24 bits per heavy atom. The van der Waals surface area contributed by atoms with E-state index in [0.717, 1.165) is 18.7 Å². The van der Waals surface area contributed by atoms with E-state index >= 15 is 0 Å². The number of anilines is 1. The molecular formula is C17H20BrNO2. The van der Waals surface area contributed by atoms with E-state index < -0.39 is 0 Å². The minimum Gasteiger partial charge on any atom is -0.503 e. The molecule has 2 aromatic rings. The number of methoxy groups -OCH3 is 1. The molecule has 0 spiro atoms. The molecule has 0 amide bonds. The highest BCUT2D eigenvalue weighted by molar-refractivity contribution is 9.10. The lowest BCUT2D eigenvalue weighted by Crippen LogP contribution is -2.22. The van der Waals surface area contributed by atoms with Crippen molar-refractivity contribution in [3.05, 3.63) is 52.0 Å². The van der Waals surface area contributed by atoms with E-state index in [2.05, 4.69) is 58.9 Å². The van der Waals surface area contributed by atoms with Gasteiger partial charge in [-0.2, -0.15) is 0 Å². The molecule has 0 saturated heterocycles. The van der Waals surface area contributed by atoms with Crippen molar-refractivity contribution in [2.45, 2.75) is 20.4 Å². The monoisotopic (exact) mass is 349 g/mol. The summed E-state index contributed by atoms with van der Waals surface area (Å²) < 4.78 is 5.86. The van der Waals surface area contributed by atoms with Gasteiger partial charge in [-0.05, 0) is 65.2 Å². The second-order valence-electron chi connectivity index (χ2n) is 4.98. The molecule has 0 aliphatic rings. The van der Waals surface area contributed by atoms with E-state index in [0.29, 0.717) is 10.2 Å². The van der Waals surface area contributed by atoms with Gasteiger partial charge in [0.1, 0.15) is 0 Å². The molecule has 0 fully saturated rings. The van der Waals surface area contributed by atoms with E-state index in [1.165, 1.54) is 11.3 Å². The number of ether oxygens (including phenoxy) is 1. The molecule has 0 heterocycles. The van der Waals surface area contributed by atoms with Gasteiger partial charge in [0.15, 0.2) is 11.5 Å². The highest BCUT2D eigenvalue weighted by Gasteiger charge is 2.11. The Balaban J connectivity index is 2.29. The van der Waals surface area contributed by atoms with Gasteiger partial charge in [-0.25, -0.2) is 0 Å². The number of rotatable bonds is 5. The fourth-order valence-electron chi connectivity index (χ4n) is 2.30. The molecule has 0 unspecified atom stereocenters. The molecule has 4 heteroatoms. The molecule has 2 rings (SSSR count). The molecule has 3 nitrogen and oxygen atoms in total. The summed E-state index contributed by atoms with van der Waals surface area (Å²) in [7, 11) is 1.56. The molecule has 0 atom stereocenters. The van der Waals surface area contributed by atoms with Gasteiger partial charge in [0, 0.05) is 18.8 Å². The summed E-state index contributed by atoms with van der Waals surface area (Å²) in [5, 5.41) is 9.88. The number of phenolic OH excluding ortho intramolecular Hbond substituents is 1. The average molecular weight is 350 g/mol. The van der Waals surface area contributed by atoms with E-state index in [-0.39, 0.29) is 5.75 Å². The van der Waals surface area contributed by atoms with Crippen LogP contribution in [0.3, 0.4) is 0 Å². The van der Waals surface area contributed by atoms with Crippen LogP contribution in [0.15, 0.2) is 40.9 Å². The summed E-state index contributed by atoms with van der Waals surface area (Å²) in [6.45, 7) is 5.89. The van der Waals surface area contributed by atoms with Crippen LogP contribution >= 0.6 is 15.9 Å². The van der Waals surface area contributed by atoms with E-state index in [1.54, 1.807) is 7.11 Å². The molecule has 21 heavy (non-hydrogen) atoms. The lowest BCUT2D eigenvalue weighted by atomic mass is 10.1. The summed E-state index contributed by atoms with van der Waals surface area (Å²) >= 11 is 3.37. The van der Waals surface area contributed by atoms with Crippen molar-refractivity contribution in [1.82, 2.24) is 0 Å². The first-order valence-electron chi connectivity index (χ1n) is 6.92. The third kappa shape index (κ3) is 3.70. The van der Waals surface area contributed by atoms with Crippen molar-refractivity contribution in [3.8, 4) is 11.5 Å². The number of hydrogen-bond donors (Lipinski definition) is 1. The predicted molar refractivity (Wildman–Crippen MR) is 90.3 cm³/mol. The minimum atomic E-state index is 0.139. The molecule has 0 aliphatic carbocycles. The first-order valence-corrected chi connectivity index (χ1v) is 7.71. The van der Waals surface area contributed by atoms with Crippen LogP contribution in [0.25, 0.3) is 0 Å². The van der Waals surface area contributed by atoms with Gasteiger partial charge in [0.2, 0.25) is 0 Å². The lowest BCUT2D eigenvalue weighted by molar-refractivity contribution is 0.371. The van der Waals surface area contributed by atoms with Crippen molar-refractivity contribution < 1.29 is 9.84 Å². The zero-order valence-electron chi connectivity index (χ0n) is 12.6. The zero-order chi connectivity index (χ0) is 15.4. The summed E-state index contributed by atoms with van der Waals surface area (Å²) in [5.41, 5.74) is 3.52. The van der Waals surface area contributed by atoms with Crippen molar-refractivity contribution in [2.24, 2.45) is 0 Å². The minimum absolute atomic E-state index is 0.139. The van der Waals surface area contributed by atoms with Gasteiger partial charge in [-0.1, -0.05) is 12.1 Å². The first-order chi connectivity index (χ1) is 10.0. The van der Waals surface area contributed by atoms with E-state index in [4.69, 9.17) is 4.74 Å². The highest BCUT2D eigenvalue weighted by Crippen LogP contribution is 2.35. The van der Waals surface area contributed by atoms with Crippen LogP contribution in [-0.2, 0) is 6.54 Å². The molecular weight excluding hydrogens is 330 g/mol. The summed E-state index contributed by atoms with van der Waals surface area (Å²) in [5.74, 6) is 0.625. The third-order valence-corrected chi connectivity index (χ3v) is 4.03. The van der Waals surface area contributed by atoms with Crippen LogP contribution in [0.5, 0.6) is 11.5 Å². The van der Waals surface area contributed by atoms with Crippen LogP contribution < -0.4 is 9.64 Å². The number of phenols is 1. The Hall–Kier alpha value is -1.68. The van der Waals surface area contributed by atoms with Gasteiger partial charge in [-0.15, -0.1) is 0 Å². The summed E-state index contributed by atoms with van der Waals surface area (Å²) in [6, 6.07) is 12.3. The van der Waals surface area contributed by atoms with Crippen molar-refractivity contribution in [2.75, 3.05) is 18.6 Å². The summed E-state index contributed by atoms with van der Waals surface area (Å²) in [6.07, 6.45) is 0. The molecule has 0 saturated carbocycles. The summed E-state index contributed by atoms with van der Waals surface area (Å²) in [4.78, 5) is 2.28. The molecule has 0 aliphatic heterocycles. The van der Waals surface area contributed by atoms with E-state index in [9.17, 15) is 5.11 Å². The molecule has 1 N–H and O–H groups in total. The van der Waals surface area contributed by atoms with Crippen molar-refractivity contribution in [1.29, 1.82) is 0 Å².